The van der Waals surface area contributed by atoms with E-state index in [2.05, 4.69) is 5.10 Å². The van der Waals surface area contributed by atoms with Crippen molar-refractivity contribution < 1.29 is 19.0 Å². The zero-order chi connectivity index (χ0) is 20.6. The highest BCUT2D eigenvalue weighted by atomic mass is 32.1. The van der Waals surface area contributed by atoms with Gasteiger partial charge >= 0.3 is 5.69 Å². The second kappa shape index (κ2) is 7.08. The average molecular weight is 403 g/mol. The van der Waals surface area contributed by atoms with Gasteiger partial charge < -0.3 is 0 Å². The van der Waals surface area contributed by atoms with E-state index in [9.17, 15) is 29.4 Å². The highest BCUT2D eigenvalue weighted by Gasteiger charge is 2.25. The Morgan fingerprint density at radius 3 is 2.54 bits per heavy atom. The lowest BCUT2D eigenvalue weighted by Gasteiger charge is -2.03. The standard InChI is InChI=1S/C16H10FN5O5S/c1-8-2-4-11(17)10(6-8)14(23)15-19-20(16(18)28-15)12-5-3-9(21(24)25)7-13(12)22(26)27/h2-7,18H,1H3. The van der Waals surface area contributed by atoms with E-state index >= 15 is 0 Å². The Hall–Kier alpha value is -3.80. The van der Waals surface area contributed by atoms with Gasteiger partial charge in [-0.1, -0.05) is 23.0 Å². The van der Waals surface area contributed by atoms with E-state index in [1.807, 2.05) is 0 Å². The minimum absolute atomic E-state index is 0.222. The van der Waals surface area contributed by atoms with Gasteiger partial charge in [-0.3, -0.25) is 30.4 Å². The van der Waals surface area contributed by atoms with Crippen LogP contribution in [0, 0.1) is 38.4 Å². The third-order valence-corrected chi connectivity index (χ3v) is 4.56. The molecule has 3 rings (SSSR count). The molecule has 0 aliphatic heterocycles. The third-order valence-electron chi connectivity index (χ3n) is 3.73. The summed E-state index contributed by atoms with van der Waals surface area (Å²) in [6.45, 7) is 1.68. The van der Waals surface area contributed by atoms with Crippen LogP contribution in [0.2, 0.25) is 0 Å². The van der Waals surface area contributed by atoms with Gasteiger partial charge in [0.05, 0.1) is 21.5 Å². The first kappa shape index (κ1) is 19.0. The number of hydrogen-bond donors (Lipinski definition) is 1. The zero-order valence-corrected chi connectivity index (χ0v) is 14.9. The SMILES string of the molecule is Cc1ccc(F)c(C(=O)c2nn(-c3ccc([N+](=O)[O-])cc3[N+](=O)[O-])c(=N)s2)c1. The number of rotatable bonds is 5. The maximum absolute atomic E-state index is 14.0. The van der Waals surface area contributed by atoms with E-state index in [1.165, 1.54) is 12.1 Å². The lowest BCUT2D eigenvalue weighted by atomic mass is 10.1. The van der Waals surface area contributed by atoms with Crippen LogP contribution in [0.15, 0.2) is 36.4 Å². The Morgan fingerprint density at radius 2 is 1.89 bits per heavy atom. The minimum Gasteiger partial charge on any atom is -0.286 e. The van der Waals surface area contributed by atoms with E-state index in [0.29, 0.717) is 16.9 Å². The van der Waals surface area contributed by atoms with Crippen molar-refractivity contribution in [1.82, 2.24) is 9.78 Å². The van der Waals surface area contributed by atoms with Crippen molar-refractivity contribution in [2.24, 2.45) is 0 Å². The smallest absolute Gasteiger partial charge is 0.286 e. The number of hydrogen-bond acceptors (Lipinski definition) is 8. The molecular formula is C16H10FN5O5S. The van der Waals surface area contributed by atoms with Gasteiger partial charge in [-0.15, -0.1) is 0 Å². The fraction of sp³-hybridized carbons (Fsp3) is 0.0625. The molecule has 28 heavy (non-hydrogen) atoms. The van der Waals surface area contributed by atoms with Gasteiger partial charge in [0.15, 0.2) is 5.01 Å². The summed E-state index contributed by atoms with van der Waals surface area (Å²) >= 11 is 0.603. The van der Waals surface area contributed by atoms with Crippen LogP contribution in [0.5, 0.6) is 0 Å². The summed E-state index contributed by atoms with van der Waals surface area (Å²) in [4.78, 5) is 32.7. The summed E-state index contributed by atoms with van der Waals surface area (Å²) in [7, 11) is 0. The van der Waals surface area contributed by atoms with Crippen LogP contribution >= 0.6 is 11.3 Å². The molecule has 1 heterocycles. The van der Waals surface area contributed by atoms with E-state index in [-0.39, 0.29) is 21.1 Å². The van der Waals surface area contributed by atoms with Gasteiger partial charge in [0.2, 0.25) is 10.6 Å². The molecule has 0 fully saturated rings. The van der Waals surface area contributed by atoms with Gasteiger partial charge in [0, 0.05) is 6.07 Å². The first-order valence-electron chi connectivity index (χ1n) is 7.58. The first-order chi connectivity index (χ1) is 13.2. The molecule has 0 radical (unpaired) electrons. The molecular weight excluding hydrogens is 393 g/mol. The number of ketones is 1. The third kappa shape index (κ3) is 3.40. The Kier molecular flexibility index (Phi) is 4.79. The molecule has 0 bridgehead atoms. The fourth-order valence-corrected chi connectivity index (χ4v) is 3.16. The van der Waals surface area contributed by atoms with Crippen LogP contribution in [0.25, 0.3) is 5.69 Å². The van der Waals surface area contributed by atoms with Crippen molar-refractivity contribution in [1.29, 1.82) is 5.41 Å². The predicted molar refractivity (Wildman–Crippen MR) is 95.2 cm³/mol. The Morgan fingerprint density at radius 1 is 1.18 bits per heavy atom. The Balaban J connectivity index is 2.12. The van der Waals surface area contributed by atoms with Crippen molar-refractivity contribution in [2.45, 2.75) is 6.92 Å². The van der Waals surface area contributed by atoms with Gasteiger partial charge in [-0.25, -0.2) is 4.39 Å². The quantitative estimate of drug-likeness (QED) is 0.394. The summed E-state index contributed by atoms with van der Waals surface area (Å²) in [5.74, 6) is -1.53. The minimum atomic E-state index is -0.851. The molecule has 12 heteroatoms. The summed E-state index contributed by atoms with van der Waals surface area (Å²) in [5.41, 5.74) is -0.972. The summed E-state index contributed by atoms with van der Waals surface area (Å²) in [5, 5.41) is 33.8. The number of aromatic nitrogens is 2. The van der Waals surface area contributed by atoms with E-state index in [4.69, 9.17) is 5.41 Å². The van der Waals surface area contributed by atoms with Gasteiger partial charge in [0.25, 0.3) is 5.69 Å². The summed E-state index contributed by atoms with van der Waals surface area (Å²) in [6.07, 6.45) is 0. The lowest BCUT2D eigenvalue weighted by molar-refractivity contribution is -0.394. The summed E-state index contributed by atoms with van der Waals surface area (Å²) in [6, 6.07) is 6.78. The van der Waals surface area contributed by atoms with Crippen molar-refractivity contribution in [2.75, 3.05) is 0 Å². The maximum Gasteiger partial charge on any atom is 0.301 e. The molecule has 1 aromatic heterocycles. The Bertz CT molecular complexity index is 1200. The molecule has 0 aliphatic carbocycles. The number of halogens is 1. The van der Waals surface area contributed by atoms with Crippen LogP contribution in [0.1, 0.15) is 20.9 Å². The number of carbonyl (C=O) groups is 1. The highest BCUT2D eigenvalue weighted by molar-refractivity contribution is 7.11. The molecule has 0 aliphatic rings. The lowest BCUT2D eigenvalue weighted by Crippen LogP contribution is -2.14. The van der Waals surface area contributed by atoms with Crippen molar-refractivity contribution in [3.05, 3.63) is 83.4 Å². The van der Waals surface area contributed by atoms with Crippen LogP contribution < -0.4 is 4.80 Å². The summed E-state index contributed by atoms with van der Waals surface area (Å²) < 4.78 is 14.8. The zero-order valence-electron chi connectivity index (χ0n) is 14.1. The number of nitrogens with zero attached hydrogens (tertiary/aromatic N) is 4. The monoisotopic (exact) mass is 403 g/mol. The molecule has 10 nitrogen and oxygen atoms in total. The normalized spacial score (nSPS) is 10.6. The van der Waals surface area contributed by atoms with E-state index in [1.54, 1.807) is 6.92 Å². The molecule has 0 saturated carbocycles. The molecule has 142 valence electrons. The highest BCUT2D eigenvalue weighted by Crippen LogP contribution is 2.27. The predicted octanol–water partition coefficient (Wildman–Crippen LogP) is 2.91. The largest absolute Gasteiger partial charge is 0.301 e. The molecule has 0 saturated heterocycles. The fourth-order valence-electron chi connectivity index (χ4n) is 2.43. The number of benzene rings is 2. The molecule has 0 unspecified atom stereocenters. The van der Waals surface area contributed by atoms with Crippen molar-refractivity contribution >= 4 is 28.5 Å². The number of carbonyl (C=O) groups excluding carboxylic acids is 1. The van der Waals surface area contributed by atoms with Gasteiger partial charge in [-0.05, 0) is 25.1 Å². The van der Waals surface area contributed by atoms with Crippen LogP contribution in [0.4, 0.5) is 15.8 Å². The van der Waals surface area contributed by atoms with Crippen LogP contribution in [0.3, 0.4) is 0 Å². The molecule has 2 aromatic carbocycles. The molecule has 1 N–H and O–H groups in total. The number of nitrogens with one attached hydrogen (secondary N) is 1. The number of aryl methyl sites for hydroxylation is 1. The second-order valence-corrected chi connectivity index (χ2v) is 6.60. The van der Waals surface area contributed by atoms with Crippen molar-refractivity contribution in [3.8, 4) is 5.69 Å². The first-order valence-corrected chi connectivity index (χ1v) is 8.39. The second-order valence-electron chi connectivity index (χ2n) is 5.62. The molecule has 0 spiro atoms. The Labute approximate surface area is 159 Å². The molecule has 0 amide bonds. The van der Waals surface area contributed by atoms with E-state index < -0.39 is 32.8 Å². The van der Waals surface area contributed by atoms with Crippen molar-refractivity contribution in [3.63, 3.8) is 0 Å². The molecule has 3 aromatic rings. The number of nitro benzene ring substituents is 2. The van der Waals surface area contributed by atoms with Crippen LogP contribution in [-0.2, 0) is 0 Å². The number of non-ortho nitro benzene ring substituents is 1. The number of nitro groups is 2. The average Bonchev–Trinajstić information content (AvgIpc) is 3.04. The molecule has 0 atom stereocenters. The van der Waals surface area contributed by atoms with Gasteiger partial charge in [0.1, 0.15) is 11.5 Å². The van der Waals surface area contributed by atoms with Gasteiger partial charge in [-0.2, -0.15) is 9.78 Å². The topological polar surface area (TPSA) is 145 Å². The van der Waals surface area contributed by atoms with E-state index in [0.717, 1.165) is 28.9 Å². The van der Waals surface area contributed by atoms with Crippen LogP contribution in [-0.4, -0.2) is 25.4 Å². The maximum atomic E-state index is 14.0.